The molecule has 0 fully saturated rings. The van der Waals surface area contributed by atoms with Gasteiger partial charge in [-0.05, 0) is 39.0 Å². The van der Waals surface area contributed by atoms with Crippen molar-refractivity contribution in [2.45, 2.75) is 38.6 Å². The molecule has 0 heterocycles. The fourth-order valence-corrected chi connectivity index (χ4v) is 2.60. The van der Waals surface area contributed by atoms with E-state index in [1.807, 2.05) is 7.05 Å². The van der Waals surface area contributed by atoms with Crippen LogP contribution in [-0.2, 0) is 6.54 Å². The molecular formula is C19H34N4. The van der Waals surface area contributed by atoms with Gasteiger partial charge >= 0.3 is 0 Å². The first-order valence-corrected chi connectivity index (χ1v) is 8.74. The largest absolute Gasteiger partial charge is 0.356 e. The highest BCUT2D eigenvalue weighted by Crippen LogP contribution is 2.04. The van der Waals surface area contributed by atoms with E-state index < -0.39 is 0 Å². The van der Waals surface area contributed by atoms with E-state index in [0.717, 1.165) is 19.0 Å². The van der Waals surface area contributed by atoms with Crippen molar-refractivity contribution in [3.05, 3.63) is 35.9 Å². The number of nitrogens with zero attached hydrogens (tertiary/aromatic N) is 3. The van der Waals surface area contributed by atoms with E-state index in [-0.39, 0.29) is 0 Å². The van der Waals surface area contributed by atoms with Gasteiger partial charge in [-0.15, -0.1) is 0 Å². The minimum Gasteiger partial charge on any atom is -0.356 e. The Morgan fingerprint density at radius 3 is 2.26 bits per heavy atom. The number of guanidine groups is 1. The maximum Gasteiger partial charge on any atom is 0.193 e. The second-order valence-corrected chi connectivity index (χ2v) is 6.39. The van der Waals surface area contributed by atoms with Crippen LogP contribution < -0.4 is 5.32 Å². The monoisotopic (exact) mass is 318 g/mol. The van der Waals surface area contributed by atoms with Crippen LogP contribution in [0.2, 0.25) is 0 Å². The summed E-state index contributed by atoms with van der Waals surface area (Å²) in [4.78, 5) is 8.81. The summed E-state index contributed by atoms with van der Waals surface area (Å²) < 4.78 is 0. The molecule has 0 unspecified atom stereocenters. The van der Waals surface area contributed by atoms with Crippen molar-refractivity contribution in [1.29, 1.82) is 0 Å². The number of hydrogen-bond acceptors (Lipinski definition) is 2. The third kappa shape index (κ3) is 9.24. The van der Waals surface area contributed by atoms with Crippen molar-refractivity contribution in [2.75, 3.05) is 41.3 Å². The molecule has 0 amide bonds. The minimum atomic E-state index is 0.880. The molecule has 0 atom stereocenters. The Bertz CT molecular complexity index is 428. The molecule has 0 spiro atoms. The summed E-state index contributed by atoms with van der Waals surface area (Å²) in [6.07, 6.45) is 6.47. The number of hydrogen-bond donors (Lipinski definition) is 1. The topological polar surface area (TPSA) is 30.9 Å². The molecule has 4 nitrogen and oxygen atoms in total. The van der Waals surface area contributed by atoms with Crippen molar-refractivity contribution in [3.8, 4) is 0 Å². The van der Waals surface area contributed by atoms with E-state index in [9.17, 15) is 0 Å². The summed E-state index contributed by atoms with van der Waals surface area (Å²) in [6.45, 7) is 3.08. The Morgan fingerprint density at radius 1 is 0.957 bits per heavy atom. The van der Waals surface area contributed by atoms with Crippen molar-refractivity contribution in [3.63, 3.8) is 0 Å². The van der Waals surface area contributed by atoms with Gasteiger partial charge in [0, 0.05) is 27.2 Å². The summed E-state index contributed by atoms with van der Waals surface area (Å²) in [5.41, 5.74) is 1.30. The highest BCUT2D eigenvalue weighted by atomic mass is 15.3. The smallest absolute Gasteiger partial charge is 0.193 e. The highest BCUT2D eigenvalue weighted by Gasteiger charge is 2.05. The highest BCUT2D eigenvalue weighted by molar-refractivity contribution is 5.79. The van der Waals surface area contributed by atoms with Crippen LogP contribution in [0.15, 0.2) is 35.3 Å². The number of aliphatic imine (C=N–C) groups is 1. The van der Waals surface area contributed by atoms with E-state index in [2.05, 4.69) is 71.6 Å². The molecule has 0 aliphatic heterocycles. The lowest BCUT2D eigenvalue weighted by Gasteiger charge is -2.22. The van der Waals surface area contributed by atoms with E-state index in [1.54, 1.807) is 0 Å². The first-order chi connectivity index (χ1) is 11.1. The molecule has 0 aromatic heterocycles. The Balaban J connectivity index is 2.14. The molecule has 1 aromatic carbocycles. The summed E-state index contributed by atoms with van der Waals surface area (Å²) in [5, 5.41) is 3.47. The zero-order chi connectivity index (χ0) is 16.9. The van der Waals surface area contributed by atoms with Crippen LogP contribution in [0.1, 0.15) is 37.7 Å². The van der Waals surface area contributed by atoms with E-state index >= 15 is 0 Å². The lowest BCUT2D eigenvalue weighted by Crippen LogP contribution is -2.38. The molecule has 0 aliphatic carbocycles. The van der Waals surface area contributed by atoms with Gasteiger partial charge in [0.15, 0.2) is 5.96 Å². The lowest BCUT2D eigenvalue weighted by atomic mass is 10.1. The average Bonchev–Trinajstić information content (AvgIpc) is 2.54. The minimum absolute atomic E-state index is 0.880. The van der Waals surface area contributed by atoms with Crippen molar-refractivity contribution >= 4 is 5.96 Å². The fraction of sp³-hybridized carbons (Fsp3) is 0.632. The second kappa shape index (κ2) is 11.9. The van der Waals surface area contributed by atoms with E-state index in [0.29, 0.717) is 0 Å². The summed E-state index contributed by atoms with van der Waals surface area (Å²) >= 11 is 0. The maximum atomic E-state index is 4.38. The lowest BCUT2D eigenvalue weighted by molar-refractivity contribution is 0.389. The number of benzene rings is 1. The van der Waals surface area contributed by atoms with Gasteiger partial charge in [-0.1, -0.05) is 49.6 Å². The Hall–Kier alpha value is -1.55. The molecule has 1 rings (SSSR count). The number of unbranched alkanes of at least 4 members (excludes halogenated alkanes) is 4. The van der Waals surface area contributed by atoms with Crippen LogP contribution in [0, 0.1) is 0 Å². The van der Waals surface area contributed by atoms with Gasteiger partial charge in [0.2, 0.25) is 0 Å². The molecule has 23 heavy (non-hydrogen) atoms. The van der Waals surface area contributed by atoms with Crippen LogP contribution in [-0.4, -0.2) is 57.0 Å². The fourth-order valence-electron chi connectivity index (χ4n) is 2.60. The second-order valence-electron chi connectivity index (χ2n) is 6.39. The van der Waals surface area contributed by atoms with Gasteiger partial charge in [0.05, 0.1) is 0 Å². The predicted octanol–water partition coefficient (Wildman–Crippen LogP) is 3.21. The normalized spacial score (nSPS) is 11.8. The van der Waals surface area contributed by atoms with Crippen LogP contribution in [0.3, 0.4) is 0 Å². The number of rotatable bonds is 10. The number of nitrogens with one attached hydrogen (secondary N) is 1. The third-order valence-electron chi connectivity index (χ3n) is 3.90. The Labute approximate surface area is 142 Å². The van der Waals surface area contributed by atoms with Gasteiger partial charge in [-0.3, -0.25) is 4.99 Å². The average molecular weight is 319 g/mol. The van der Waals surface area contributed by atoms with Crippen molar-refractivity contribution in [2.24, 2.45) is 4.99 Å². The van der Waals surface area contributed by atoms with E-state index in [4.69, 9.17) is 0 Å². The standard InChI is InChI=1S/C19H34N4/c1-20-19(23(4)17-18-13-9-8-10-14-18)21-15-11-6-5-7-12-16-22(2)3/h8-10,13-14H,5-7,11-12,15-17H2,1-4H3,(H,20,21). The first kappa shape index (κ1) is 19.5. The van der Waals surface area contributed by atoms with Gasteiger partial charge in [0.25, 0.3) is 0 Å². The van der Waals surface area contributed by atoms with Gasteiger partial charge in [-0.2, -0.15) is 0 Å². The summed E-state index contributed by atoms with van der Waals surface area (Å²) in [6, 6.07) is 10.5. The molecule has 1 aromatic rings. The van der Waals surface area contributed by atoms with Crippen LogP contribution in [0.4, 0.5) is 0 Å². The molecule has 0 radical (unpaired) electrons. The molecular weight excluding hydrogens is 284 g/mol. The molecule has 130 valence electrons. The Kier molecular flexibility index (Phi) is 10.1. The Morgan fingerprint density at radius 2 is 1.61 bits per heavy atom. The maximum absolute atomic E-state index is 4.38. The van der Waals surface area contributed by atoms with Crippen LogP contribution >= 0.6 is 0 Å². The van der Waals surface area contributed by atoms with E-state index in [1.165, 1.54) is 44.2 Å². The first-order valence-electron chi connectivity index (χ1n) is 8.74. The summed E-state index contributed by atoms with van der Waals surface area (Å²) in [5.74, 6) is 0.974. The van der Waals surface area contributed by atoms with Gasteiger partial charge < -0.3 is 15.1 Å². The quantitative estimate of drug-likeness (QED) is 0.408. The van der Waals surface area contributed by atoms with Crippen molar-refractivity contribution in [1.82, 2.24) is 15.1 Å². The molecule has 0 saturated carbocycles. The molecule has 1 N–H and O–H groups in total. The summed E-state index contributed by atoms with van der Waals surface area (Å²) in [7, 11) is 8.22. The van der Waals surface area contributed by atoms with Crippen molar-refractivity contribution < 1.29 is 0 Å². The van der Waals surface area contributed by atoms with Crippen LogP contribution in [0.25, 0.3) is 0 Å². The molecule has 0 bridgehead atoms. The third-order valence-corrected chi connectivity index (χ3v) is 3.90. The SMILES string of the molecule is CN=C(NCCCCCCCN(C)C)N(C)Cc1ccccc1. The molecule has 0 aliphatic rings. The predicted molar refractivity (Wildman–Crippen MR) is 101 cm³/mol. The van der Waals surface area contributed by atoms with Gasteiger partial charge in [-0.25, -0.2) is 0 Å². The zero-order valence-electron chi connectivity index (χ0n) is 15.4. The molecule has 0 saturated heterocycles. The molecule has 4 heteroatoms. The van der Waals surface area contributed by atoms with Gasteiger partial charge in [0.1, 0.15) is 0 Å². The zero-order valence-corrected chi connectivity index (χ0v) is 15.4. The van der Waals surface area contributed by atoms with Crippen LogP contribution in [0.5, 0.6) is 0 Å².